The average Bonchev–Trinajstić information content (AvgIpc) is 2.77. The zero-order chi connectivity index (χ0) is 17.9. The standard InChI is InChI=1S/C15H23F3N4O2/c1-9-12(13(24-3)22(2)21-9)8-19-14(23)20-11-6-4-10(5-7-11)15(16,17)18/h10-11H,4-8H2,1-3H3,(H2,19,20,23). The summed E-state index contributed by atoms with van der Waals surface area (Å²) in [7, 11) is 3.27. The van der Waals surface area contributed by atoms with Crippen molar-refractivity contribution in [1.82, 2.24) is 20.4 Å². The number of alkyl halides is 3. The van der Waals surface area contributed by atoms with E-state index in [-0.39, 0.29) is 25.4 Å². The van der Waals surface area contributed by atoms with E-state index in [2.05, 4.69) is 15.7 Å². The predicted molar refractivity (Wildman–Crippen MR) is 81.7 cm³/mol. The number of amides is 2. The van der Waals surface area contributed by atoms with Crippen molar-refractivity contribution in [2.45, 2.75) is 51.4 Å². The van der Waals surface area contributed by atoms with Gasteiger partial charge in [-0.1, -0.05) is 0 Å². The number of urea groups is 1. The van der Waals surface area contributed by atoms with Gasteiger partial charge in [0, 0.05) is 13.1 Å². The lowest BCUT2D eigenvalue weighted by Crippen LogP contribution is -2.44. The molecule has 6 nitrogen and oxygen atoms in total. The molecule has 0 aromatic carbocycles. The Morgan fingerprint density at radius 1 is 1.33 bits per heavy atom. The third-order valence-electron chi connectivity index (χ3n) is 4.43. The largest absolute Gasteiger partial charge is 0.481 e. The molecule has 0 atom stereocenters. The summed E-state index contributed by atoms with van der Waals surface area (Å²) in [5, 5.41) is 9.67. The van der Waals surface area contributed by atoms with Crippen LogP contribution >= 0.6 is 0 Å². The van der Waals surface area contributed by atoms with Crippen molar-refractivity contribution in [3.05, 3.63) is 11.3 Å². The van der Waals surface area contributed by atoms with Crippen LogP contribution in [0.4, 0.5) is 18.0 Å². The minimum absolute atomic E-state index is 0.0595. The molecular weight excluding hydrogens is 325 g/mol. The molecular formula is C15H23F3N4O2. The number of nitrogens with zero attached hydrogens (tertiary/aromatic N) is 2. The first-order chi connectivity index (χ1) is 11.2. The highest BCUT2D eigenvalue weighted by atomic mass is 19.4. The van der Waals surface area contributed by atoms with Crippen LogP contribution in [-0.4, -0.2) is 35.1 Å². The number of hydrogen-bond acceptors (Lipinski definition) is 3. The molecule has 1 aromatic heterocycles. The molecule has 24 heavy (non-hydrogen) atoms. The van der Waals surface area contributed by atoms with E-state index < -0.39 is 18.1 Å². The number of aromatic nitrogens is 2. The molecule has 1 aliphatic carbocycles. The average molecular weight is 348 g/mol. The van der Waals surface area contributed by atoms with Crippen LogP contribution in [0, 0.1) is 12.8 Å². The SMILES string of the molecule is COc1c(CNC(=O)NC2CCC(C(F)(F)F)CC2)c(C)nn1C. The fourth-order valence-electron chi connectivity index (χ4n) is 3.11. The Kier molecular flexibility index (Phi) is 5.61. The van der Waals surface area contributed by atoms with Crippen molar-refractivity contribution in [1.29, 1.82) is 0 Å². The fourth-order valence-corrected chi connectivity index (χ4v) is 3.11. The van der Waals surface area contributed by atoms with Gasteiger partial charge in [0.1, 0.15) is 0 Å². The van der Waals surface area contributed by atoms with E-state index in [0.29, 0.717) is 18.7 Å². The monoisotopic (exact) mass is 348 g/mol. The van der Waals surface area contributed by atoms with E-state index >= 15 is 0 Å². The molecule has 1 heterocycles. The van der Waals surface area contributed by atoms with Crippen molar-refractivity contribution >= 4 is 6.03 Å². The molecule has 0 aliphatic heterocycles. The van der Waals surface area contributed by atoms with Crippen LogP contribution in [0.15, 0.2) is 0 Å². The predicted octanol–water partition coefficient (Wildman–Crippen LogP) is 2.66. The van der Waals surface area contributed by atoms with Gasteiger partial charge >= 0.3 is 12.2 Å². The van der Waals surface area contributed by atoms with Gasteiger partial charge in [0.25, 0.3) is 0 Å². The third kappa shape index (κ3) is 4.33. The number of rotatable bonds is 4. The molecule has 1 fully saturated rings. The number of hydrogen-bond donors (Lipinski definition) is 2. The van der Waals surface area contributed by atoms with Crippen LogP contribution < -0.4 is 15.4 Å². The van der Waals surface area contributed by atoms with E-state index in [9.17, 15) is 18.0 Å². The lowest BCUT2D eigenvalue weighted by molar-refractivity contribution is -0.182. The van der Waals surface area contributed by atoms with E-state index in [1.807, 2.05) is 6.92 Å². The van der Waals surface area contributed by atoms with Gasteiger partial charge in [-0.05, 0) is 32.6 Å². The molecule has 2 N–H and O–H groups in total. The summed E-state index contributed by atoms with van der Waals surface area (Å²) < 4.78 is 44.7. The van der Waals surface area contributed by atoms with Gasteiger partial charge in [0.15, 0.2) is 0 Å². The zero-order valence-corrected chi connectivity index (χ0v) is 14.0. The van der Waals surface area contributed by atoms with Gasteiger partial charge < -0.3 is 15.4 Å². The molecule has 0 saturated heterocycles. The summed E-state index contributed by atoms with van der Waals surface area (Å²) in [6.45, 7) is 2.06. The number of ether oxygens (including phenoxy) is 1. The molecule has 0 unspecified atom stereocenters. The molecule has 2 rings (SSSR count). The molecule has 9 heteroatoms. The molecule has 0 radical (unpaired) electrons. The summed E-state index contributed by atoms with van der Waals surface area (Å²) >= 11 is 0. The second-order valence-electron chi connectivity index (χ2n) is 6.11. The first kappa shape index (κ1) is 18.4. The highest BCUT2D eigenvalue weighted by Crippen LogP contribution is 2.37. The van der Waals surface area contributed by atoms with Crippen LogP contribution in [0.5, 0.6) is 5.88 Å². The summed E-state index contributed by atoms with van der Waals surface area (Å²) in [4.78, 5) is 12.0. The van der Waals surface area contributed by atoms with Crippen molar-refractivity contribution in [3.8, 4) is 5.88 Å². The molecule has 2 amide bonds. The number of carbonyl (C=O) groups is 1. The first-order valence-corrected chi connectivity index (χ1v) is 7.90. The highest BCUT2D eigenvalue weighted by Gasteiger charge is 2.41. The Bertz CT molecular complexity index is 578. The van der Waals surface area contributed by atoms with Crippen LogP contribution in [0.25, 0.3) is 0 Å². The fraction of sp³-hybridized carbons (Fsp3) is 0.733. The Labute approximate surface area is 138 Å². The van der Waals surface area contributed by atoms with Crippen LogP contribution in [-0.2, 0) is 13.6 Å². The van der Waals surface area contributed by atoms with Gasteiger partial charge in [-0.25, -0.2) is 9.48 Å². The maximum Gasteiger partial charge on any atom is 0.391 e. The summed E-state index contributed by atoms with van der Waals surface area (Å²) in [5.41, 5.74) is 1.52. The minimum atomic E-state index is -4.14. The number of aryl methyl sites for hydroxylation is 2. The quantitative estimate of drug-likeness (QED) is 0.879. The lowest BCUT2D eigenvalue weighted by Gasteiger charge is -2.30. The molecule has 0 bridgehead atoms. The topological polar surface area (TPSA) is 68.2 Å². The normalized spacial score (nSPS) is 21.4. The summed E-state index contributed by atoms with van der Waals surface area (Å²) in [6.07, 6.45) is -3.34. The van der Waals surface area contributed by atoms with Crippen molar-refractivity contribution in [3.63, 3.8) is 0 Å². The molecule has 1 aliphatic rings. The molecule has 0 spiro atoms. The van der Waals surface area contributed by atoms with Crippen molar-refractivity contribution < 1.29 is 22.7 Å². The Morgan fingerprint density at radius 2 is 1.96 bits per heavy atom. The van der Waals surface area contributed by atoms with Crippen LogP contribution in [0.1, 0.15) is 36.9 Å². The van der Waals surface area contributed by atoms with Gasteiger partial charge in [0.05, 0.1) is 30.8 Å². The third-order valence-corrected chi connectivity index (χ3v) is 4.43. The summed E-state index contributed by atoms with van der Waals surface area (Å²) in [6, 6.07) is -0.615. The maximum atomic E-state index is 12.6. The summed E-state index contributed by atoms with van der Waals surface area (Å²) in [5.74, 6) is -0.681. The van der Waals surface area contributed by atoms with E-state index in [0.717, 1.165) is 11.3 Å². The molecule has 136 valence electrons. The Morgan fingerprint density at radius 3 is 2.50 bits per heavy atom. The van der Waals surface area contributed by atoms with Gasteiger partial charge in [-0.15, -0.1) is 0 Å². The van der Waals surface area contributed by atoms with Crippen molar-refractivity contribution in [2.24, 2.45) is 13.0 Å². The van der Waals surface area contributed by atoms with E-state index in [1.54, 1.807) is 11.7 Å². The second kappa shape index (κ2) is 7.31. The minimum Gasteiger partial charge on any atom is -0.481 e. The second-order valence-corrected chi connectivity index (χ2v) is 6.11. The number of nitrogens with one attached hydrogen (secondary N) is 2. The molecule has 1 saturated carbocycles. The number of halogens is 3. The molecule has 1 aromatic rings. The van der Waals surface area contributed by atoms with Crippen LogP contribution in [0.2, 0.25) is 0 Å². The van der Waals surface area contributed by atoms with Gasteiger partial charge in [-0.2, -0.15) is 18.3 Å². The lowest BCUT2D eigenvalue weighted by atomic mass is 9.86. The van der Waals surface area contributed by atoms with Crippen LogP contribution in [0.3, 0.4) is 0 Å². The highest BCUT2D eigenvalue weighted by molar-refractivity contribution is 5.74. The zero-order valence-electron chi connectivity index (χ0n) is 14.0. The first-order valence-electron chi connectivity index (χ1n) is 7.90. The number of methoxy groups -OCH3 is 1. The van der Waals surface area contributed by atoms with E-state index in [4.69, 9.17) is 4.74 Å². The van der Waals surface area contributed by atoms with E-state index in [1.165, 1.54) is 7.11 Å². The smallest absolute Gasteiger partial charge is 0.391 e. The number of carbonyl (C=O) groups excluding carboxylic acids is 1. The Balaban J connectivity index is 1.81. The van der Waals surface area contributed by atoms with Gasteiger partial charge in [-0.3, -0.25) is 0 Å². The van der Waals surface area contributed by atoms with Gasteiger partial charge in [0.2, 0.25) is 5.88 Å². The maximum absolute atomic E-state index is 12.6. The van der Waals surface area contributed by atoms with Crippen molar-refractivity contribution in [2.75, 3.05) is 7.11 Å². The Hall–Kier alpha value is -1.93.